The second-order valence-electron chi connectivity index (χ2n) is 3.03. The maximum atomic E-state index is 5.83. The van der Waals surface area contributed by atoms with Crippen LogP contribution in [0, 0.1) is 0 Å². The van der Waals surface area contributed by atoms with Crippen molar-refractivity contribution in [2.24, 2.45) is 5.73 Å². The van der Waals surface area contributed by atoms with Crippen molar-refractivity contribution in [3.63, 3.8) is 0 Å². The third kappa shape index (κ3) is 2.27. The van der Waals surface area contributed by atoms with Crippen molar-refractivity contribution in [2.45, 2.75) is 12.5 Å². The number of halogens is 2. The largest absolute Gasteiger partial charge is 0.492 e. The Bertz CT molecular complexity index is 304. The molecule has 0 saturated heterocycles. The molecule has 2 rings (SSSR count). The molecular formula is C9H11Cl2NO. The van der Waals surface area contributed by atoms with Gasteiger partial charge in [0.25, 0.3) is 0 Å². The molecule has 1 aromatic carbocycles. The molecule has 1 aliphatic rings. The Morgan fingerprint density at radius 2 is 2.23 bits per heavy atom. The molecule has 72 valence electrons. The van der Waals surface area contributed by atoms with E-state index in [2.05, 4.69) is 0 Å². The summed E-state index contributed by atoms with van der Waals surface area (Å²) in [5, 5.41) is 0.742. The topological polar surface area (TPSA) is 35.2 Å². The highest BCUT2D eigenvalue weighted by Gasteiger charge is 2.15. The van der Waals surface area contributed by atoms with Crippen LogP contribution < -0.4 is 10.5 Å². The van der Waals surface area contributed by atoms with E-state index in [9.17, 15) is 0 Å². The zero-order valence-electron chi connectivity index (χ0n) is 7.00. The number of nitrogens with two attached hydrogens (primary N) is 1. The lowest BCUT2D eigenvalue weighted by Crippen LogP contribution is -2.33. The van der Waals surface area contributed by atoms with Crippen LogP contribution in [0.25, 0.3) is 0 Å². The molecule has 0 saturated carbocycles. The number of hydrogen-bond acceptors (Lipinski definition) is 2. The van der Waals surface area contributed by atoms with Gasteiger partial charge in [-0.2, -0.15) is 0 Å². The summed E-state index contributed by atoms with van der Waals surface area (Å²) in [6, 6.07) is 5.74. The van der Waals surface area contributed by atoms with Crippen molar-refractivity contribution in [3.8, 4) is 5.75 Å². The fraction of sp³-hybridized carbons (Fsp3) is 0.333. The van der Waals surface area contributed by atoms with Crippen LogP contribution in [0.3, 0.4) is 0 Å². The van der Waals surface area contributed by atoms with E-state index >= 15 is 0 Å². The lowest BCUT2D eigenvalue weighted by molar-refractivity contribution is 0.263. The summed E-state index contributed by atoms with van der Waals surface area (Å²) in [5.74, 6) is 0.918. The monoisotopic (exact) mass is 219 g/mol. The summed E-state index contributed by atoms with van der Waals surface area (Å²) < 4.78 is 5.41. The molecule has 0 bridgehead atoms. The smallest absolute Gasteiger partial charge is 0.122 e. The number of rotatable bonds is 0. The van der Waals surface area contributed by atoms with Crippen molar-refractivity contribution < 1.29 is 4.74 Å². The van der Waals surface area contributed by atoms with E-state index in [0.29, 0.717) is 6.61 Å². The molecule has 0 aliphatic carbocycles. The summed E-state index contributed by atoms with van der Waals surface area (Å²) in [4.78, 5) is 0. The minimum Gasteiger partial charge on any atom is -0.492 e. The molecule has 0 spiro atoms. The van der Waals surface area contributed by atoms with Crippen LogP contribution in [0.2, 0.25) is 5.02 Å². The molecule has 0 aromatic heterocycles. The molecule has 2 N–H and O–H groups in total. The number of fused-ring (bicyclic) bond motifs is 1. The summed E-state index contributed by atoms with van der Waals surface area (Å²) in [6.07, 6.45) is 0.857. The Morgan fingerprint density at radius 1 is 1.46 bits per heavy atom. The van der Waals surface area contributed by atoms with E-state index in [4.69, 9.17) is 22.1 Å². The zero-order valence-corrected chi connectivity index (χ0v) is 8.57. The Labute approximate surface area is 88.4 Å². The first-order chi connectivity index (χ1) is 5.75. The first-order valence-electron chi connectivity index (χ1n) is 3.92. The van der Waals surface area contributed by atoms with E-state index in [1.807, 2.05) is 18.2 Å². The molecule has 0 radical (unpaired) electrons. The van der Waals surface area contributed by atoms with Gasteiger partial charge in [0, 0.05) is 11.1 Å². The Kier molecular flexibility index (Phi) is 3.42. The molecule has 1 atom stereocenters. The minimum absolute atomic E-state index is 0. The zero-order chi connectivity index (χ0) is 8.55. The SMILES string of the molecule is Cl.N[C@H]1COc2ccc(Cl)cc2C1. The standard InChI is InChI=1S/C9H10ClNO.ClH/c10-7-1-2-9-6(3-7)4-8(11)5-12-9;/h1-3,8H,4-5,11H2;1H/t8-;/m1./s1. The van der Waals surface area contributed by atoms with Crippen LogP contribution >= 0.6 is 24.0 Å². The molecule has 4 heteroatoms. The average Bonchev–Trinajstić information content (AvgIpc) is 2.03. The fourth-order valence-corrected chi connectivity index (χ4v) is 1.58. The third-order valence-electron chi connectivity index (χ3n) is 1.96. The number of ether oxygens (including phenoxy) is 1. The van der Waals surface area contributed by atoms with Gasteiger partial charge >= 0.3 is 0 Å². The Balaban J connectivity index is 0.000000845. The lowest BCUT2D eigenvalue weighted by atomic mass is 10.0. The lowest BCUT2D eigenvalue weighted by Gasteiger charge is -2.22. The quantitative estimate of drug-likeness (QED) is 0.725. The van der Waals surface area contributed by atoms with E-state index in [1.165, 1.54) is 0 Å². The van der Waals surface area contributed by atoms with Crippen molar-refractivity contribution >= 4 is 24.0 Å². The summed E-state index contributed by atoms with van der Waals surface area (Å²) >= 11 is 5.83. The second-order valence-corrected chi connectivity index (χ2v) is 3.46. The molecular weight excluding hydrogens is 209 g/mol. The predicted octanol–water partition coefficient (Wildman–Crippen LogP) is 2.02. The van der Waals surface area contributed by atoms with Crippen LogP contribution in [0.5, 0.6) is 5.75 Å². The van der Waals surface area contributed by atoms with Crippen molar-refractivity contribution in [1.29, 1.82) is 0 Å². The van der Waals surface area contributed by atoms with Crippen LogP contribution in [0.15, 0.2) is 18.2 Å². The third-order valence-corrected chi connectivity index (χ3v) is 2.19. The maximum absolute atomic E-state index is 5.83. The highest BCUT2D eigenvalue weighted by molar-refractivity contribution is 6.30. The normalized spacial score (nSPS) is 19.7. The fourth-order valence-electron chi connectivity index (χ4n) is 1.39. The second kappa shape index (κ2) is 4.18. The van der Waals surface area contributed by atoms with Crippen LogP contribution in [0.4, 0.5) is 0 Å². The molecule has 2 nitrogen and oxygen atoms in total. The summed E-state index contributed by atoms with van der Waals surface area (Å²) in [5.41, 5.74) is 6.84. The Morgan fingerprint density at radius 3 is 3.00 bits per heavy atom. The van der Waals surface area contributed by atoms with Gasteiger partial charge < -0.3 is 10.5 Å². The maximum Gasteiger partial charge on any atom is 0.122 e. The van der Waals surface area contributed by atoms with Crippen LogP contribution in [0.1, 0.15) is 5.56 Å². The van der Waals surface area contributed by atoms with Crippen molar-refractivity contribution in [1.82, 2.24) is 0 Å². The summed E-state index contributed by atoms with van der Waals surface area (Å²) in [7, 11) is 0. The molecule has 1 heterocycles. The van der Waals surface area contributed by atoms with Gasteiger partial charge in [-0.15, -0.1) is 12.4 Å². The Hall–Kier alpha value is -0.440. The number of benzene rings is 1. The van der Waals surface area contributed by atoms with Gasteiger partial charge in [-0.1, -0.05) is 11.6 Å². The van der Waals surface area contributed by atoms with Crippen LogP contribution in [-0.4, -0.2) is 12.6 Å². The molecule has 0 unspecified atom stereocenters. The van der Waals surface area contributed by atoms with E-state index in [0.717, 1.165) is 22.8 Å². The van der Waals surface area contributed by atoms with Gasteiger partial charge in [0.05, 0.1) is 0 Å². The van der Waals surface area contributed by atoms with Crippen molar-refractivity contribution in [3.05, 3.63) is 28.8 Å². The van der Waals surface area contributed by atoms with Gasteiger partial charge in [-0.25, -0.2) is 0 Å². The first-order valence-corrected chi connectivity index (χ1v) is 4.30. The molecule has 0 fully saturated rings. The van der Waals surface area contributed by atoms with Gasteiger partial charge in [0.1, 0.15) is 12.4 Å². The minimum atomic E-state index is 0. The van der Waals surface area contributed by atoms with Crippen molar-refractivity contribution in [2.75, 3.05) is 6.61 Å². The van der Waals surface area contributed by atoms with Gasteiger partial charge in [0.15, 0.2) is 0 Å². The number of hydrogen-bond donors (Lipinski definition) is 1. The molecule has 1 aliphatic heterocycles. The predicted molar refractivity (Wildman–Crippen MR) is 55.9 cm³/mol. The van der Waals surface area contributed by atoms with E-state index in [-0.39, 0.29) is 18.4 Å². The van der Waals surface area contributed by atoms with Gasteiger partial charge in [0.2, 0.25) is 0 Å². The molecule has 1 aromatic rings. The van der Waals surface area contributed by atoms with E-state index in [1.54, 1.807) is 0 Å². The molecule has 0 amide bonds. The first kappa shape index (κ1) is 10.6. The highest BCUT2D eigenvalue weighted by Crippen LogP contribution is 2.26. The average molecular weight is 220 g/mol. The highest BCUT2D eigenvalue weighted by atomic mass is 35.5. The van der Waals surface area contributed by atoms with Gasteiger partial charge in [-0.05, 0) is 30.2 Å². The molecule has 13 heavy (non-hydrogen) atoms. The van der Waals surface area contributed by atoms with E-state index < -0.39 is 0 Å². The van der Waals surface area contributed by atoms with Gasteiger partial charge in [-0.3, -0.25) is 0 Å². The van der Waals surface area contributed by atoms with Crippen LogP contribution in [-0.2, 0) is 6.42 Å². The summed E-state index contributed by atoms with van der Waals surface area (Å²) in [6.45, 7) is 0.606.